The van der Waals surface area contributed by atoms with Crippen LogP contribution in [0.15, 0.2) is 0 Å². The molecule has 3 unspecified atom stereocenters. The molecule has 104 valence electrons. The second-order valence-electron chi connectivity index (χ2n) is 4.85. The van der Waals surface area contributed by atoms with Crippen molar-refractivity contribution < 1.29 is 23.8 Å². The first-order chi connectivity index (χ1) is 8.36. The summed E-state index contributed by atoms with van der Waals surface area (Å²) < 4.78 is 16.1. The Morgan fingerprint density at radius 3 is 2.06 bits per heavy atom. The molecular formula is C13H22O5. The Morgan fingerprint density at radius 1 is 1.06 bits per heavy atom. The van der Waals surface area contributed by atoms with Gasteiger partial charge in [-0.1, -0.05) is 20.8 Å². The van der Waals surface area contributed by atoms with E-state index in [2.05, 4.69) is 6.92 Å². The maximum atomic E-state index is 11.1. The van der Waals surface area contributed by atoms with Gasteiger partial charge < -0.3 is 14.2 Å². The highest BCUT2D eigenvalue weighted by atomic mass is 16.7. The molecular weight excluding hydrogens is 236 g/mol. The van der Waals surface area contributed by atoms with Gasteiger partial charge in [0.15, 0.2) is 6.10 Å². The second-order valence-corrected chi connectivity index (χ2v) is 4.85. The SMILES string of the molecule is CCC1OC(OC(C)=O)C(OC(C)=O)[C@@H](C)[C@@H]1C. The Hall–Kier alpha value is -1.10. The fraction of sp³-hybridized carbons (Fsp3) is 0.846. The lowest BCUT2D eigenvalue weighted by atomic mass is 9.82. The van der Waals surface area contributed by atoms with Gasteiger partial charge in [0.1, 0.15) is 0 Å². The van der Waals surface area contributed by atoms with Crippen LogP contribution in [0.25, 0.3) is 0 Å². The highest BCUT2D eigenvalue weighted by Gasteiger charge is 2.44. The van der Waals surface area contributed by atoms with E-state index in [1.54, 1.807) is 0 Å². The van der Waals surface area contributed by atoms with Crippen molar-refractivity contribution in [1.29, 1.82) is 0 Å². The Balaban J connectivity index is 2.86. The fourth-order valence-corrected chi connectivity index (χ4v) is 2.34. The molecule has 0 aromatic heterocycles. The summed E-state index contributed by atoms with van der Waals surface area (Å²) in [7, 11) is 0. The largest absolute Gasteiger partial charge is 0.456 e. The van der Waals surface area contributed by atoms with Crippen LogP contribution in [0.2, 0.25) is 0 Å². The van der Waals surface area contributed by atoms with E-state index in [1.807, 2.05) is 13.8 Å². The minimum Gasteiger partial charge on any atom is -0.456 e. The fourth-order valence-electron chi connectivity index (χ4n) is 2.34. The van der Waals surface area contributed by atoms with Crippen molar-refractivity contribution in [3.63, 3.8) is 0 Å². The van der Waals surface area contributed by atoms with Crippen LogP contribution in [0.5, 0.6) is 0 Å². The van der Waals surface area contributed by atoms with Crippen molar-refractivity contribution in [3.05, 3.63) is 0 Å². The normalized spacial score (nSPS) is 35.9. The number of carbonyl (C=O) groups excluding carboxylic acids is 2. The lowest BCUT2D eigenvalue weighted by Gasteiger charge is -2.43. The van der Waals surface area contributed by atoms with E-state index in [1.165, 1.54) is 13.8 Å². The summed E-state index contributed by atoms with van der Waals surface area (Å²) in [6.45, 7) is 8.72. The molecule has 1 aliphatic rings. The van der Waals surface area contributed by atoms with Gasteiger partial charge >= 0.3 is 11.9 Å². The van der Waals surface area contributed by atoms with Crippen molar-refractivity contribution in [3.8, 4) is 0 Å². The Bertz CT molecular complexity index is 315. The number of carbonyl (C=O) groups is 2. The van der Waals surface area contributed by atoms with Gasteiger partial charge in [-0.25, -0.2) is 0 Å². The lowest BCUT2D eigenvalue weighted by Crippen LogP contribution is -2.52. The zero-order valence-corrected chi connectivity index (χ0v) is 11.6. The van der Waals surface area contributed by atoms with Crippen molar-refractivity contribution in [2.24, 2.45) is 11.8 Å². The third kappa shape index (κ3) is 3.45. The summed E-state index contributed by atoms with van der Waals surface area (Å²) >= 11 is 0. The quantitative estimate of drug-likeness (QED) is 0.723. The van der Waals surface area contributed by atoms with E-state index in [-0.39, 0.29) is 17.9 Å². The van der Waals surface area contributed by atoms with Crippen LogP contribution in [-0.2, 0) is 23.8 Å². The van der Waals surface area contributed by atoms with Crippen molar-refractivity contribution >= 4 is 11.9 Å². The molecule has 1 heterocycles. The molecule has 0 aliphatic carbocycles. The van der Waals surface area contributed by atoms with Gasteiger partial charge in [-0.3, -0.25) is 9.59 Å². The number of hydrogen-bond acceptors (Lipinski definition) is 5. The molecule has 1 saturated heterocycles. The van der Waals surface area contributed by atoms with Crippen molar-refractivity contribution in [1.82, 2.24) is 0 Å². The molecule has 1 aliphatic heterocycles. The summed E-state index contributed by atoms with van der Waals surface area (Å²) in [5.41, 5.74) is 0. The first-order valence-corrected chi connectivity index (χ1v) is 6.36. The third-order valence-electron chi connectivity index (χ3n) is 3.50. The van der Waals surface area contributed by atoms with Gasteiger partial charge in [0.05, 0.1) is 6.10 Å². The summed E-state index contributed by atoms with van der Waals surface area (Å²) in [5, 5.41) is 0. The molecule has 0 amide bonds. The minimum atomic E-state index is -0.803. The highest BCUT2D eigenvalue weighted by molar-refractivity contribution is 5.67. The monoisotopic (exact) mass is 258 g/mol. The zero-order chi connectivity index (χ0) is 13.9. The van der Waals surface area contributed by atoms with Crippen molar-refractivity contribution in [2.45, 2.75) is 59.5 Å². The molecule has 0 aromatic carbocycles. The maximum Gasteiger partial charge on any atom is 0.305 e. The number of esters is 2. The van der Waals surface area contributed by atoms with Gasteiger partial charge in [-0.05, 0) is 12.3 Å². The Kier molecular flexibility index (Phi) is 5.14. The van der Waals surface area contributed by atoms with E-state index in [0.29, 0.717) is 0 Å². The standard InChI is InChI=1S/C13H22O5/c1-6-11-7(2)8(3)12(16-9(4)14)13(18-11)17-10(5)15/h7-8,11-13H,6H2,1-5H3/t7-,8-,11?,12?,13?/m0/s1. The lowest BCUT2D eigenvalue weighted by molar-refractivity contribution is -0.266. The molecule has 0 N–H and O–H groups in total. The summed E-state index contributed by atoms with van der Waals surface area (Å²) in [6, 6.07) is 0. The molecule has 5 atom stereocenters. The summed E-state index contributed by atoms with van der Waals surface area (Å²) in [4.78, 5) is 22.2. The van der Waals surface area contributed by atoms with Gasteiger partial charge in [-0.15, -0.1) is 0 Å². The van der Waals surface area contributed by atoms with Gasteiger partial charge in [0.25, 0.3) is 0 Å². The first kappa shape index (κ1) is 15.0. The molecule has 0 spiro atoms. The molecule has 0 bridgehead atoms. The van der Waals surface area contributed by atoms with E-state index >= 15 is 0 Å². The topological polar surface area (TPSA) is 61.8 Å². The van der Waals surface area contributed by atoms with Crippen LogP contribution in [0.4, 0.5) is 0 Å². The molecule has 1 fully saturated rings. The van der Waals surface area contributed by atoms with Crippen LogP contribution >= 0.6 is 0 Å². The Labute approximate surface area is 108 Å². The highest BCUT2D eigenvalue weighted by Crippen LogP contribution is 2.34. The molecule has 0 saturated carbocycles. The average Bonchev–Trinajstić information content (AvgIpc) is 2.27. The molecule has 0 aromatic rings. The van der Waals surface area contributed by atoms with Gasteiger partial charge in [0.2, 0.25) is 6.29 Å². The maximum absolute atomic E-state index is 11.1. The zero-order valence-electron chi connectivity index (χ0n) is 11.6. The molecule has 5 heteroatoms. The molecule has 5 nitrogen and oxygen atoms in total. The number of hydrogen-bond donors (Lipinski definition) is 0. The van der Waals surface area contributed by atoms with Crippen LogP contribution in [0, 0.1) is 11.8 Å². The smallest absolute Gasteiger partial charge is 0.305 e. The van der Waals surface area contributed by atoms with Gasteiger partial charge in [0, 0.05) is 19.8 Å². The molecule has 0 radical (unpaired) electrons. The van der Waals surface area contributed by atoms with Crippen LogP contribution in [0.1, 0.15) is 41.0 Å². The van der Waals surface area contributed by atoms with E-state index in [9.17, 15) is 9.59 Å². The minimum absolute atomic E-state index is 0.0103. The predicted molar refractivity (Wildman–Crippen MR) is 64.6 cm³/mol. The van der Waals surface area contributed by atoms with E-state index in [0.717, 1.165) is 6.42 Å². The third-order valence-corrected chi connectivity index (χ3v) is 3.50. The van der Waals surface area contributed by atoms with Gasteiger partial charge in [-0.2, -0.15) is 0 Å². The van der Waals surface area contributed by atoms with E-state index in [4.69, 9.17) is 14.2 Å². The first-order valence-electron chi connectivity index (χ1n) is 6.36. The summed E-state index contributed by atoms with van der Waals surface area (Å²) in [6.07, 6.45) is -0.501. The van der Waals surface area contributed by atoms with Crippen LogP contribution < -0.4 is 0 Å². The Morgan fingerprint density at radius 2 is 1.61 bits per heavy atom. The van der Waals surface area contributed by atoms with Crippen LogP contribution in [-0.4, -0.2) is 30.4 Å². The number of rotatable bonds is 3. The summed E-state index contributed by atoms with van der Waals surface area (Å²) in [5.74, 6) is -0.508. The van der Waals surface area contributed by atoms with E-state index < -0.39 is 24.3 Å². The second kappa shape index (κ2) is 6.18. The van der Waals surface area contributed by atoms with Crippen LogP contribution in [0.3, 0.4) is 0 Å². The van der Waals surface area contributed by atoms with Crippen molar-refractivity contribution in [2.75, 3.05) is 0 Å². The molecule has 18 heavy (non-hydrogen) atoms. The number of ether oxygens (including phenoxy) is 3. The average molecular weight is 258 g/mol. The molecule has 1 rings (SSSR count). The predicted octanol–water partition coefficient (Wildman–Crippen LogP) is 1.89.